The van der Waals surface area contributed by atoms with Crippen LogP contribution in [0, 0.1) is 17.8 Å². The summed E-state index contributed by atoms with van der Waals surface area (Å²) in [6.45, 7) is 3.57. The van der Waals surface area contributed by atoms with Gasteiger partial charge in [-0.15, -0.1) is 0 Å². The number of halogens is 2. The second-order valence-corrected chi connectivity index (χ2v) is 7.82. The third-order valence-electron chi connectivity index (χ3n) is 5.16. The van der Waals surface area contributed by atoms with Crippen LogP contribution in [0.3, 0.4) is 0 Å². The van der Waals surface area contributed by atoms with Gasteiger partial charge >= 0.3 is 0 Å². The van der Waals surface area contributed by atoms with Gasteiger partial charge in [0.15, 0.2) is 0 Å². The Morgan fingerprint density at radius 3 is 2.67 bits per heavy atom. The molecule has 0 amide bonds. The van der Waals surface area contributed by atoms with Gasteiger partial charge in [-0.25, -0.2) is 0 Å². The van der Waals surface area contributed by atoms with Crippen LogP contribution in [-0.2, 0) is 6.42 Å². The number of nitrogens with one attached hydrogen (secondary N) is 1. The third-order valence-corrected chi connectivity index (χ3v) is 6.02. The number of rotatable bonds is 5. The Morgan fingerprint density at radius 1 is 1.10 bits per heavy atom. The predicted octanol–water partition coefficient (Wildman–Crippen LogP) is 5.34. The van der Waals surface area contributed by atoms with Gasteiger partial charge in [-0.05, 0) is 68.0 Å². The van der Waals surface area contributed by atoms with Gasteiger partial charge < -0.3 is 5.32 Å². The van der Waals surface area contributed by atoms with Crippen molar-refractivity contribution >= 4 is 23.2 Å². The molecule has 2 saturated carbocycles. The van der Waals surface area contributed by atoms with Crippen LogP contribution in [0.1, 0.15) is 44.6 Å². The minimum absolute atomic E-state index is 0.686. The smallest absolute Gasteiger partial charge is 0.0624 e. The molecule has 21 heavy (non-hydrogen) atoms. The summed E-state index contributed by atoms with van der Waals surface area (Å²) in [4.78, 5) is 0. The maximum atomic E-state index is 6.39. The highest BCUT2D eigenvalue weighted by molar-refractivity contribution is 6.42. The Labute approximate surface area is 138 Å². The summed E-state index contributed by atoms with van der Waals surface area (Å²) in [7, 11) is 0. The van der Waals surface area contributed by atoms with Gasteiger partial charge in [0.1, 0.15) is 0 Å². The highest BCUT2D eigenvalue weighted by Gasteiger charge is 2.31. The van der Waals surface area contributed by atoms with E-state index in [1.54, 1.807) is 0 Å². The van der Waals surface area contributed by atoms with Crippen LogP contribution in [0.5, 0.6) is 0 Å². The molecule has 3 unspecified atom stereocenters. The molecule has 3 rings (SSSR count). The van der Waals surface area contributed by atoms with E-state index in [0.29, 0.717) is 5.02 Å². The molecule has 0 spiro atoms. The first-order valence-electron chi connectivity index (χ1n) is 8.29. The molecule has 0 aromatic heterocycles. The summed E-state index contributed by atoms with van der Waals surface area (Å²) in [6, 6.07) is 6.84. The van der Waals surface area contributed by atoms with E-state index in [4.69, 9.17) is 23.2 Å². The van der Waals surface area contributed by atoms with E-state index >= 15 is 0 Å². The van der Waals surface area contributed by atoms with Crippen molar-refractivity contribution in [3.63, 3.8) is 0 Å². The van der Waals surface area contributed by atoms with Gasteiger partial charge in [0, 0.05) is 6.04 Å². The van der Waals surface area contributed by atoms with Crippen LogP contribution in [0.4, 0.5) is 0 Å². The predicted molar refractivity (Wildman–Crippen MR) is 91.2 cm³/mol. The number of benzene rings is 1. The lowest BCUT2D eigenvalue weighted by Crippen LogP contribution is -2.34. The van der Waals surface area contributed by atoms with Gasteiger partial charge in [-0.2, -0.15) is 0 Å². The first-order valence-corrected chi connectivity index (χ1v) is 9.05. The van der Waals surface area contributed by atoms with Crippen molar-refractivity contribution in [1.82, 2.24) is 5.32 Å². The van der Waals surface area contributed by atoms with Crippen molar-refractivity contribution in [3.8, 4) is 0 Å². The summed E-state index contributed by atoms with van der Waals surface area (Å²) in [5.74, 6) is 2.36. The normalized spacial score (nSPS) is 29.6. The Balaban J connectivity index is 1.67. The monoisotopic (exact) mass is 325 g/mol. The Hall–Kier alpha value is -0.240. The van der Waals surface area contributed by atoms with E-state index in [9.17, 15) is 0 Å². The second kappa shape index (κ2) is 6.89. The first-order chi connectivity index (χ1) is 10.1. The molecule has 1 N–H and O–H groups in total. The van der Waals surface area contributed by atoms with Gasteiger partial charge in [0.2, 0.25) is 0 Å². The zero-order valence-electron chi connectivity index (χ0n) is 12.7. The minimum atomic E-state index is 0.686. The van der Waals surface area contributed by atoms with Crippen molar-refractivity contribution in [2.45, 2.75) is 51.5 Å². The maximum Gasteiger partial charge on any atom is 0.0624 e. The van der Waals surface area contributed by atoms with Crippen molar-refractivity contribution < 1.29 is 0 Å². The molecule has 3 heteroatoms. The molecule has 1 aromatic rings. The molecule has 2 fully saturated rings. The Morgan fingerprint density at radius 2 is 1.90 bits per heavy atom. The summed E-state index contributed by atoms with van der Waals surface area (Å²) >= 11 is 12.5. The zero-order valence-corrected chi connectivity index (χ0v) is 14.3. The molecule has 2 aliphatic rings. The largest absolute Gasteiger partial charge is 0.314 e. The Bertz CT molecular complexity index is 484. The summed E-state index contributed by atoms with van der Waals surface area (Å²) in [5.41, 5.74) is 1.22. The molecule has 3 atom stereocenters. The van der Waals surface area contributed by atoms with E-state index in [-0.39, 0.29) is 0 Å². The molecule has 116 valence electrons. The molecule has 0 heterocycles. The highest BCUT2D eigenvalue weighted by atomic mass is 35.5. The van der Waals surface area contributed by atoms with Crippen LogP contribution in [-0.4, -0.2) is 12.6 Å². The van der Waals surface area contributed by atoms with E-state index < -0.39 is 0 Å². The van der Waals surface area contributed by atoms with Crippen molar-refractivity contribution in [1.29, 1.82) is 0 Å². The minimum Gasteiger partial charge on any atom is -0.314 e. The van der Waals surface area contributed by atoms with E-state index in [1.165, 1.54) is 44.2 Å². The topological polar surface area (TPSA) is 12.0 Å². The fourth-order valence-corrected chi connectivity index (χ4v) is 4.07. The number of hydrogen-bond acceptors (Lipinski definition) is 1. The van der Waals surface area contributed by atoms with Gasteiger partial charge in [-0.1, -0.05) is 48.7 Å². The summed E-state index contributed by atoms with van der Waals surface area (Å²) < 4.78 is 0. The van der Waals surface area contributed by atoms with Crippen molar-refractivity contribution in [3.05, 3.63) is 33.8 Å². The van der Waals surface area contributed by atoms with Crippen LogP contribution < -0.4 is 5.32 Å². The lowest BCUT2D eigenvalue weighted by molar-refractivity contribution is 0.183. The molecule has 2 aliphatic carbocycles. The average molecular weight is 326 g/mol. The van der Waals surface area contributed by atoms with Crippen molar-refractivity contribution in [2.24, 2.45) is 17.8 Å². The molecule has 0 bridgehead atoms. The lowest BCUT2D eigenvalue weighted by atomic mass is 9.72. The molecular formula is C18H25Cl2N. The molecule has 1 aromatic carbocycles. The average Bonchev–Trinajstić information content (AvgIpc) is 3.27. The summed E-state index contributed by atoms with van der Waals surface area (Å²) in [6.07, 6.45) is 7.85. The van der Waals surface area contributed by atoms with Crippen LogP contribution >= 0.6 is 23.2 Å². The molecule has 1 nitrogen and oxygen atoms in total. The van der Waals surface area contributed by atoms with E-state index in [0.717, 1.165) is 35.2 Å². The first kappa shape index (κ1) is 15.6. The molecule has 0 saturated heterocycles. The molecular weight excluding hydrogens is 301 g/mol. The van der Waals surface area contributed by atoms with Crippen LogP contribution in [0.2, 0.25) is 10.0 Å². The summed E-state index contributed by atoms with van der Waals surface area (Å²) in [5, 5.41) is 5.17. The fraction of sp³-hybridized carbons (Fsp3) is 0.667. The maximum absolute atomic E-state index is 6.39. The van der Waals surface area contributed by atoms with Gasteiger partial charge in [0.05, 0.1) is 10.0 Å². The standard InChI is InChI=1S/C18H25Cl2N/c1-12-5-6-14(11-21-16-7-8-16)15(9-12)10-13-3-2-4-17(19)18(13)20/h2-4,12,14-16,21H,5-11H2,1H3. The highest BCUT2D eigenvalue weighted by Crippen LogP contribution is 2.38. The van der Waals surface area contributed by atoms with Crippen LogP contribution in [0.25, 0.3) is 0 Å². The fourth-order valence-electron chi connectivity index (χ4n) is 3.67. The number of hydrogen-bond donors (Lipinski definition) is 1. The Kier molecular flexibility index (Phi) is 5.14. The second-order valence-electron chi connectivity index (χ2n) is 7.04. The van der Waals surface area contributed by atoms with E-state index in [1.807, 2.05) is 12.1 Å². The van der Waals surface area contributed by atoms with E-state index in [2.05, 4.69) is 18.3 Å². The SMILES string of the molecule is CC1CCC(CNC2CC2)C(Cc2cccc(Cl)c2Cl)C1. The van der Waals surface area contributed by atoms with Crippen molar-refractivity contribution in [2.75, 3.05) is 6.54 Å². The quantitative estimate of drug-likeness (QED) is 0.770. The zero-order chi connectivity index (χ0) is 14.8. The lowest BCUT2D eigenvalue weighted by Gasteiger charge is -2.35. The molecule has 0 radical (unpaired) electrons. The van der Waals surface area contributed by atoms with Gasteiger partial charge in [0.25, 0.3) is 0 Å². The van der Waals surface area contributed by atoms with Crippen LogP contribution in [0.15, 0.2) is 18.2 Å². The molecule has 0 aliphatic heterocycles. The third kappa shape index (κ3) is 4.15. The van der Waals surface area contributed by atoms with Gasteiger partial charge in [-0.3, -0.25) is 0 Å².